The fraction of sp³-hybridized carbons (Fsp3) is 0.538. The molecule has 4 heteroatoms. The van der Waals surface area contributed by atoms with Crippen LogP contribution < -0.4 is 0 Å². The van der Waals surface area contributed by atoms with Crippen molar-refractivity contribution in [1.29, 1.82) is 0 Å². The van der Waals surface area contributed by atoms with Gasteiger partial charge in [-0.2, -0.15) is 0 Å². The zero-order valence-corrected chi connectivity index (χ0v) is 10.8. The summed E-state index contributed by atoms with van der Waals surface area (Å²) in [6, 6.07) is 4.13. The maximum Gasteiger partial charge on any atom is 0.273 e. The summed E-state index contributed by atoms with van der Waals surface area (Å²) in [5.74, 6) is 0.502. The van der Waals surface area contributed by atoms with Crippen LogP contribution >= 0.6 is 11.6 Å². The number of hydrogen-bond donors (Lipinski definition) is 0. The third-order valence-corrected chi connectivity index (χ3v) is 3.48. The molecule has 0 bridgehead atoms. The lowest BCUT2D eigenvalue weighted by Gasteiger charge is -2.37. The van der Waals surface area contributed by atoms with Crippen molar-refractivity contribution in [3.8, 4) is 0 Å². The molecule has 92 valence electrons. The Morgan fingerprint density at radius 1 is 1.59 bits per heavy atom. The predicted octanol–water partition coefficient (Wildman–Crippen LogP) is 2.62. The average Bonchev–Trinajstić information content (AvgIpc) is 2.26. The van der Waals surface area contributed by atoms with E-state index in [1.807, 2.05) is 24.0 Å². The number of carbonyl (C=O) groups is 1. The molecule has 0 saturated heterocycles. The smallest absolute Gasteiger partial charge is 0.273 e. The molecule has 1 aromatic heterocycles. The van der Waals surface area contributed by atoms with Gasteiger partial charge in [-0.15, -0.1) is 11.6 Å². The van der Waals surface area contributed by atoms with Crippen LogP contribution in [0, 0.1) is 6.92 Å². The van der Waals surface area contributed by atoms with Crippen molar-refractivity contribution in [3.05, 3.63) is 29.6 Å². The fourth-order valence-corrected chi connectivity index (χ4v) is 2.27. The second-order valence-electron chi connectivity index (χ2n) is 4.44. The summed E-state index contributed by atoms with van der Waals surface area (Å²) >= 11 is 5.78. The average molecular weight is 253 g/mol. The third kappa shape index (κ3) is 2.60. The highest BCUT2D eigenvalue weighted by atomic mass is 35.5. The minimum atomic E-state index is 0.0217. The first-order chi connectivity index (χ1) is 8.24. The summed E-state index contributed by atoms with van der Waals surface area (Å²) in [4.78, 5) is 18.5. The van der Waals surface area contributed by atoms with Crippen LogP contribution in [-0.4, -0.2) is 34.3 Å². The molecular formula is C13H17ClN2O. The van der Waals surface area contributed by atoms with Gasteiger partial charge >= 0.3 is 0 Å². The molecule has 1 aliphatic rings. The molecule has 0 spiro atoms. The van der Waals surface area contributed by atoms with Gasteiger partial charge in [0.15, 0.2) is 0 Å². The van der Waals surface area contributed by atoms with Gasteiger partial charge in [-0.3, -0.25) is 9.78 Å². The Morgan fingerprint density at radius 3 is 2.88 bits per heavy atom. The molecule has 0 unspecified atom stereocenters. The lowest BCUT2D eigenvalue weighted by Crippen LogP contribution is -2.45. The second-order valence-corrected chi connectivity index (χ2v) is 4.82. The van der Waals surface area contributed by atoms with Crippen molar-refractivity contribution >= 4 is 17.5 Å². The molecule has 0 radical (unpaired) electrons. The van der Waals surface area contributed by atoms with Gasteiger partial charge in [0.25, 0.3) is 5.91 Å². The molecule has 17 heavy (non-hydrogen) atoms. The van der Waals surface area contributed by atoms with Crippen LogP contribution in [-0.2, 0) is 0 Å². The Balaban J connectivity index is 2.18. The molecule has 1 aromatic rings. The number of halogens is 1. The first-order valence-corrected chi connectivity index (χ1v) is 6.56. The minimum absolute atomic E-state index is 0.0217. The number of hydrogen-bond acceptors (Lipinski definition) is 2. The molecule has 0 N–H and O–H groups in total. The standard InChI is InChI=1S/C13H17ClN2O/c1-10-4-3-8-15-12(10)13(17)16(9-7-14)11-5-2-6-11/h3-4,8,11H,2,5-7,9H2,1H3. The van der Waals surface area contributed by atoms with E-state index in [-0.39, 0.29) is 5.91 Å². The molecule has 0 aromatic carbocycles. The SMILES string of the molecule is Cc1cccnc1C(=O)N(CCCl)C1CCC1. The first-order valence-electron chi connectivity index (χ1n) is 6.02. The van der Waals surface area contributed by atoms with E-state index in [0.717, 1.165) is 18.4 Å². The van der Waals surface area contributed by atoms with E-state index in [1.165, 1.54) is 6.42 Å². The van der Waals surface area contributed by atoms with Crippen molar-refractivity contribution in [2.75, 3.05) is 12.4 Å². The number of pyridine rings is 1. The Labute approximate surface area is 107 Å². The number of alkyl halides is 1. The van der Waals surface area contributed by atoms with Crippen LogP contribution in [0.5, 0.6) is 0 Å². The topological polar surface area (TPSA) is 33.2 Å². The monoisotopic (exact) mass is 252 g/mol. The van der Waals surface area contributed by atoms with Gasteiger partial charge in [0.1, 0.15) is 5.69 Å². The lowest BCUT2D eigenvalue weighted by atomic mass is 9.91. The molecule has 0 atom stereocenters. The summed E-state index contributed by atoms with van der Waals surface area (Å²) in [6.07, 6.45) is 5.06. The summed E-state index contributed by atoms with van der Waals surface area (Å²) in [6.45, 7) is 2.53. The van der Waals surface area contributed by atoms with E-state index >= 15 is 0 Å². The molecule has 1 heterocycles. The zero-order valence-electron chi connectivity index (χ0n) is 10.0. The summed E-state index contributed by atoms with van der Waals surface area (Å²) in [7, 11) is 0. The predicted molar refractivity (Wildman–Crippen MR) is 68.4 cm³/mol. The van der Waals surface area contributed by atoms with Crippen molar-refractivity contribution in [3.63, 3.8) is 0 Å². The number of amides is 1. The normalized spacial score (nSPS) is 15.4. The van der Waals surface area contributed by atoms with Crippen LogP contribution in [0.25, 0.3) is 0 Å². The highest BCUT2D eigenvalue weighted by molar-refractivity contribution is 6.18. The van der Waals surface area contributed by atoms with E-state index < -0.39 is 0 Å². The summed E-state index contributed by atoms with van der Waals surface area (Å²) in [5.41, 5.74) is 1.49. The molecule has 1 amide bonds. The van der Waals surface area contributed by atoms with Gasteiger partial charge in [-0.1, -0.05) is 6.07 Å². The zero-order chi connectivity index (χ0) is 12.3. The maximum atomic E-state index is 12.4. The number of aryl methyl sites for hydroxylation is 1. The van der Waals surface area contributed by atoms with E-state index in [2.05, 4.69) is 4.98 Å². The summed E-state index contributed by atoms with van der Waals surface area (Å²) in [5, 5.41) is 0. The third-order valence-electron chi connectivity index (χ3n) is 3.31. The molecule has 0 aliphatic heterocycles. The van der Waals surface area contributed by atoms with Crippen LogP contribution in [0.2, 0.25) is 0 Å². The van der Waals surface area contributed by atoms with E-state index in [9.17, 15) is 4.79 Å². The van der Waals surface area contributed by atoms with E-state index in [0.29, 0.717) is 24.2 Å². The molecular weight excluding hydrogens is 236 g/mol. The molecule has 2 rings (SSSR count). The van der Waals surface area contributed by atoms with Crippen LogP contribution in [0.3, 0.4) is 0 Å². The van der Waals surface area contributed by atoms with Crippen molar-refractivity contribution < 1.29 is 4.79 Å². The van der Waals surface area contributed by atoms with Gasteiger partial charge < -0.3 is 4.90 Å². The van der Waals surface area contributed by atoms with Gasteiger partial charge in [-0.05, 0) is 37.8 Å². The fourth-order valence-electron chi connectivity index (χ4n) is 2.08. The lowest BCUT2D eigenvalue weighted by molar-refractivity contribution is 0.0591. The number of aromatic nitrogens is 1. The molecule has 1 saturated carbocycles. The Hall–Kier alpha value is -1.09. The molecule has 1 aliphatic carbocycles. The summed E-state index contributed by atoms with van der Waals surface area (Å²) < 4.78 is 0. The van der Waals surface area contributed by atoms with Crippen LogP contribution in [0.1, 0.15) is 35.3 Å². The Morgan fingerprint density at radius 2 is 2.35 bits per heavy atom. The largest absolute Gasteiger partial charge is 0.333 e. The number of carbonyl (C=O) groups excluding carboxylic acids is 1. The van der Waals surface area contributed by atoms with Crippen molar-refractivity contribution in [1.82, 2.24) is 9.88 Å². The van der Waals surface area contributed by atoms with Crippen molar-refractivity contribution in [2.45, 2.75) is 32.2 Å². The highest BCUT2D eigenvalue weighted by Crippen LogP contribution is 2.26. The van der Waals surface area contributed by atoms with Crippen molar-refractivity contribution in [2.24, 2.45) is 0 Å². The maximum absolute atomic E-state index is 12.4. The van der Waals surface area contributed by atoms with Gasteiger partial charge in [0.05, 0.1) is 0 Å². The molecule has 3 nitrogen and oxygen atoms in total. The second kappa shape index (κ2) is 5.50. The van der Waals surface area contributed by atoms with E-state index in [4.69, 9.17) is 11.6 Å². The Bertz CT molecular complexity index is 404. The van der Waals surface area contributed by atoms with Gasteiger partial charge in [0, 0.05) is 24.7 Å². The van der Waals surface area contributed by atoms with Crippen LogP contribution in [0.4, 0.5) is 0 Å². The van der Waals surface area contributed by atoms with Crippen LogP contribution in [0.15, 0.2) is 18.3 Å². The quantitative estimate of drug-likeness (QED) is 0.772. The first kappa shape index (κ1) is 12.4. The number of nitrogens with zero attached hydrogens (tertiary/aromatic N) is 2. The highest BCUT2D eigenvalue weighted by Gasteiger charge is 2.29. The Kier molecular flexibility index (Phi) is 4.00. The number of rotatable bonds is 4. The minimum Gasteiger partial charge on any atom is -0.333 e. The molecule has 1 fully saturated rings. The van der Waals surface area contributed by atoms with E-state index in [1.54, 1.807) is 6.20 Å². The van der Waals surface area contributed by atoms with Gasteiger partial charge in [0.2, 0.25) is 0 Å². The van der Waals surface area contributed by atoms with Gasteiger partial charge in [-0.25, -0.2) is 0 Å².